The zero-order valence-corrected chi connectivity index (χ0v) is 14.9. The van der Waals surface area contributed by atoms with Crippen molar-refractivity contribution in [1.29, 1.82) is 0 Å². The van der Waals surface area contributed by atoms with Crippen molar-refractivity contribution < 1.29 is 19.1 Å². The van der Waals surface area contributed by atoms with E-state index in [9.17, 15) is 14.4 Å². The number of hydrogen-bond donors (Lipinski definition) is 2. The van der Waals surface area contributed by atoms with E-state index >= 15 is 0 Å². The van der Waals surface area contributed by atoms with Gasteiger partial charge in [-0.05, 0) is 24.6 Å². The summed E-state index contributed by atoms with van der Waals surface area (Å²) >= 11 is 5.99. The molecule has 25 heavy (non-hydrogen) atoms. The van der Waals surface area contributed by atoms with Crippen LogP contribution in [0.5, 0.6) is 0 Å². The van der Waals surface area contributed by atoms with Gasteiger partial charge in [-0.25, -0.2) is 0 Å². The molecule has 0 unspecified atom stereocenters. The van der Waals surface area contributed by atoms with E-state index in [2.05, 4.69) is 10.6 Å². The summed E-state index contributed by atoms with van der Waals surface area (Å²) in [7, 11) is 0. The first-order chi connectivity index (χ1) is 12.0. The van der Waals surface area contributed by atoms with Crippen LogP contribution in [0, 0.1) is 6.92 Å². The second-order valence-electron chi connectivity index (χ2n) is 5.73. The minimum atomic E-state index is -0.349. The number of carbonyl (C=O) groups is 3. The monoisotopic (exact) mass is 367 g/mol. The van der Waals surface area contributed by atoms with Gasteiger partial charge in [-0.1, -0.05) is 17.7 Å². The third kappa shape index (κ3) is 6.03. The van der Waals surface area contributed by atoms with Crippen LogP contribution < -0.4 is 10.6 Å². The van der Waals surface area contributed by atoms with Crippen molar-refractivity contribution in [3.05, 3.63) is 28.8 Å². The molecule has 2 rings (SSSR count). The number of morpholine rings is 1. The van der Waals surface area contributed by atoms with Crippen LogP contribution in [0.2, 0.25) is 5.02 Å². The van der Waals surface area contributed by atoms with Gasteiger partial charge >= 0.3 is 0 Å². The van der Waals surface area contributed by atoms with Crippen molar-refractivity contribution in [2.45, 2.75) is 19.8 Å². The largest absolute Gasteiger partial charge is 0.378 e. The van der Waals surface area contributed by atoms with Gasteiger partial charge in [0, 0.05) is 36.6 Å². The molecule has 0 bridgehead atoms. The van der Waals surface area contributed by atoms with Gasteiger partial charge in [0.2, 0.25) is 17.7 Å². The molecule has 0 aliphatic carbocycles. The summed E-state index contributed by atoms with van der Waals surface area (Å²) < 4.78 is 5.18. The number of nitrogens with one attached hydrogen (secondary N) is 2. The summed E-state index contributed by atoms with van der Waals surface area (Å²) in [5, 5.41) is 5.77. The Hall–Kier alpha value is -2.12. The highest BCUT2D eigenvalue weighted by molar-refractivity contribution is 6.31. The summed E-state index contributed by atoms with van der Waals surface area (Å²) in [6.07, 6.45) is 0.181. The number of rotatable bonds is 6. The molecule has 1 aliphatic heterocycles. The summed E-state index contributed by atoms with van der Waals surface area (Å²) in [5.41, 5.74) is 1.37. The first kappa shape index (κ1) is 19.2. The highest BCUT2D eigenvalue weighted by atomic mass is 35.5. The van der Waals surface area contributed by atoms with Crippen LogP contribution in [0.1, 0.15) is 18.4 Å². The average molecular weight is 368 g/mol. The molecule has 0 atom stereocenters. The maximum absolute atomic E-state index is 11.9. The van der Waals surface area contributed by atoms with E-state index in [-0.39, 0.29) is 37.1 Å². The molecule has 0 spiro atoms. The SMILES string of the molecule is Cc1c(Cl)cccc1NC(=O)CNC(=O)CCC(=O)N1CCOCC1. The Kier molecular flexibility index (Phi) is 7.21. The molecule has 136 valence electrons. The van der Waals surface area contributed by atoms with Crippen molar-refractivity contribution in [2.24, 2.45) is 0 Å². The quantitative estimate of drug-likeness (QED) is 0.794. The van der Waals surface area contributed by atoms with Crippen molar-refractivity contribution >= 4 is 35.0 Å². The van der Waals surface area contributed by atoms with Gasteiger partial charge in [-0.15, -0.1) is 0 Å². The summed E-state index contributed by atoms with van der Waals surface area (Å²) in [6.45, 7) is 3.82. The van der Waals surface area contributed by atoms with Crippen LogP contribution in [0.25, 0.3) is 0 Å². The lowest BCUT2D eigenvalue weighted by Gasteiger charge is -2.26. The van der Waals surface area contributed by atoms with Gasteiger partial charge < -0.3 is 20.3 Å². The predicted octanol–water partition coefficient (Wildman–Crippen LogP) is 1.34. The number of halogens is 1. The maximum atomic E-state index is 11.9. The number of nitrogens with zero attached hydrogens (tertiary/aromatic N) is 1. The number of ether oxygens (including phenoxy) is 1. The van der Waals surface area contributed by atoms with Crippen LogP contribution in [0.3, 0.4) is 0 Å². The Bertz CT molecular complexity index is 645. The molecule has 7 nitrogen and oxygen atoms in total. The minimum absolute atomic E-state index is 0.0552. The van der Waals surface area contributed by atoms with Gasteiger partial charge in [0.15, 0.2) is 0 Å². The maximum Gasteiger partial charge on any atom is 0.243 e. The lowest BCUT2D eigenvalue weighted by atomic mass is 10.2. The molecule has 1 aromatic rings. The Morgan fingerprint density at radius 2 is 1.88 bits per heavy atom. The average Bonchev–Trinajstić information content (AvgIpc) is 2.62. The zero-order chi connectivity index (χ0) is 18.2. The lowest BCUT2D eigenvalue weighted by Crippen LogP contribution is -2.41. The molecule has 0 radical (unpaired) electrons. The van der Waals surface area contributed by atoms with E-state index in [0.29, 0.717) is 37.0 Å². The molecule has 0 saturated carbocycles. The van der Waals surface area contributed by atoms with Crippen LogP contribution in [-0.4, -0.2) is 55.5 Å². The van der Waals surface area contributed by atoms with Gasteiger partial charge in [-0.2, -0.15) is 0 Å². The molecule has 2 N–H and O–H groups in total. The van der Waals surface area contributed by atoms with E-state index in [1.165, 1.54) is 0 Å². The van der Waals surface area contributed by atoms with Gasteiger partial charge in [0.05, 0.1) is 19.8 Å². The third-order valence-corrected chi connectivity index (χ3v) is 4.33. The summed E-state index contributed by atoms with van der Waals surface area (Å²) in [6, 6.07) is 5.21. The minimum Gasteiger partial charge on any atom is -0.378 e. The van der Waals surface area contributed by atoms with Crippen molar-refractivity contribution in [3.63, 3.8) is 0 Å². The van der Waals surface area contributed by atoms with Crippen LogP contribution >= 0.6 is 11.6 Å². The molecule has 1 aromatic carbocycles. The molecule has 1 saturated heterocycles. The predicted molar refractivity (Wildman–Crippen MR) is 94.5 cm³/mol. The highest BCUT2D eigenvalue weighted by Gasteiger charge is 2.17. The topological polar surface area (TPSA) is 87.7 Å². The first-order valence-corrected chi connectivity index (χ1v) is 8.52. The van der Waals surface area contributed by atoms with E-state index in [4.69, 9.17) is 16.3 Å². The van der Waals surface area contributed by atoms with Gasteiger partial charge in [-0.3, -0.25) is 14.4 Å². The van der Waals surface area contributed by atoms with E-state index in [1.807, 2.05) is 0 Å². The van der Waals surface area contributed by atoms with E-state index < -0.39 is 0 Å². The molecular weight excluding hydrogens is 346 g/mol. The fourth-order valence-electron chi connectivity index (χ4n) is 2.40. The molecular formula is C17H22ClN3O4. The molecule has 1 fully saturated rings. The van der Waals surface area contributed by atoms with Gasteiger partial charge in [0.25, 0.3) is 0 Å². The fraction of sp³-hybridized carbons (Fsp3) is 0.471. The van der Waals surface area contributed by atoms with E-state index in [0.717, 1.165) is 5.56 Å². The molecule has 0 aromatic heterocycles. The summed E-state index contributed by atoms with van der Waals surface area (Å²) in [5.74, 6) is -0.754. The molecule has 3 amide bonds. The summed E-state index contributed by atoms with van der Waals surface area (Å²) in [4.78, 5) is 37.3. The van der Waals surface area contributed by atoms with Crippen LogP contribution in [-0.2, 0) is 19.1 Å². The third-order valence-electron chi connectivity index (χ3n) is 3.92. The lowest BCUT2D eigenvalue weighted by molar-refractivity contribution is -0.137. The van der Waals surface area contributed by atoms with Crippen molar-refractivity contribution in [1.82, 2.24) is 10.2 Å². The fourth-order valence-corrected chi connectivity index (χ4v) is 2.57. The Labute approximate surface area is 151 Å². The Morgan fingerprint density at radius 3 is 2.60 bits per heavy atom. The van der Waals surface area contributed by atoms with Gasteiger partial charge in [0.1, 0.15) is 0 Å². The second-order valence-corrected chi connectivity index (χ2v) is 6.14. The highest BCUT2D eigenvalue weighted by Crippen LogP contribution is 2.22. The number of hydrogen-bond acceptors (Lipinski definition) is 4. The second kappa shape index (κ2) is 9.39. The Balaban J connectivity index is 1.69. The van der Waals surface area contributed by atoms with Crippen LogP contribution in [0.15, 0.2) is 18.2 Å². The van der Waals surface area contributed by atoms with Crippen molar-refractivity contribution in [3.8, 4) is 0 Å². The number of anilines is 1. The Morgan fingerprint density at radius 1 is 1.16 bits per heavy atom. The number of benzene rings is 1. The number of carbonyl (C=O) groups excluding carboxylic acids is 3. The van der Waals surface area contributed by atoms with Crippen LogP contribution in [0.4, 0.5) is 5.69 Å². The normalized spacial score (nSPS) is 14.1. The standard InChI is InChI=1S/C17H22ClN3O4/c1-12-13(18)3-2-4-14(12)20-16(23)11-19-15(22)5-6-17(24)21-7-9-25-10-8-21/h2-4H,5-11H2,1H3,(H,19,22)(H,20,23). The smallest absolute Gasteiger partial charge is 0.243 e. The number of amides is 3. The van der Waals surface area contributed by atoms with E-state index in [1.54, 1.807) is 30.0 Å². The first-order valence-electron chi connectivity index (χ1n) is 8.14. The zero-order valence-electron chi connectivity index (χ0n) is 14.1. The molecule has 8 heteroatoms. The molecule has 1 heterocycles. The van der Waals surface area contributed by atoms with Crippen molar-refractivity contribution in [2.75, 3.05) is 38.2 Å². The molecule has 1 aliphatic rings.